The van der Waals surface area contributed by atoms with Crippen molar-refractivity contribution in [2.45, 2.75) is 53.6 Å². The largest absolute Gasteiger partial charge is 0.350 e. The first-order valence-corrected chi connectivity index (χ1v) is 13.1. The normalized spacial score (nSPS) is 14.7. The van der Waals surface area contributed by atoms with Gasteiger partial charge in [0.2, 0.25) is 5.91 Å². The average molecular weight is 502 g/mol. The minimum Gasteiger partial charge on any atom is -0.350 e. The number of H-pyrrole nitrogens is 1. The van der Waals surface area contributed by atoms with E-state index in [9.17, 15) is 9.59 Å². The number of benzene rings is 2. The van der Waals surface area contributed by atoms with Crippen molar-refractivity contribution in [1.82, 2.24) is 25.3 Å². The zero-order chi connectivity index (χ0) is 26.6. The lowest BCUT2D eigenvalue weighted by Gasteiger charge is -2.36. The Balaban J connectivity index is 1.34. The lowest BCUT2D eigenvalue weighted by atomic mass is 9.91. The number of hydrogen-bond acceptors (Lipinski definition) is 4. The quantitative estimate of drug-likeness (QED) is 0.479. The molecule has 0 saturated carbocycles. The molecule has 2 N–H and O–H groups in total. The van der Waals surface area contributed by atoms with Crippen molar-refractivity contribution in [1.29, 1.82) is 0 Å². The van der Waals surface area contributed by atoms with E-state index in [0.29, 0.717) is 12.0 Å². The first kappa shape index (κ1) is 26.6. The fourth-order valence-corrected chi connectivity index (χ4v) is 4.55. The molecule has 2 heterocycles. The Kier molecular flexibility index (Phi) is 8.13. The first-order valence-electron chi connectivity index (χ1n) is 13.1. The smallest absolute Gasteiger partial charge is 0.251 e. The van der Waals surface area contributed by atoms with Crippen LogP contribution in [0, 0.1) is 5.41 Å². The SMILES string of the molecule is CC(C)NC(=O)c1cccc(-c2cc(-c3ccc(CN4CCN(C(=O)CC(C)(C)C)CC4)cc3)[nH]n2)c1. The average Bonchev–Trinajstić information content (AvgIpc) is 3.34. The van der Waals surface area contributed by atoms with Gasteiger partial charge in [0, 0.05) is 56.3 Å². The van der Waals surface area contributed by atoms with Gasteiger partial charge in [-0.2, -0.15) is 5.10 Å². The molecule has 37 heavy (non-hydrogen) atoms. The second-order valence-electron chi connectivity index (χ2n) is 11.5. The molecule has 4 rings (SSSR count). The van der Waals surface area contributed by atoms with Crippen molar-refractivity contribution in [3.05, 3.63) is 65.7 Å². The zero-order valence-electron chi connectivity index (χ0n) is 22.7. The summed E-state index contributed by atoms with van der Waals surface area (Å²) in [6, 6.07) is 18.2. The number of nitrogens with zero attached hydrogens (tertiary/aromatic N) is 3. The van der Waals surface area contributed by atoms with E-state index in [1.165, 1.54) is 5.56 Å². The molecule has 0 aliphatic carbocycles. The number of aromatic nitrogens is 2. The van der Waals surface area contributed by atoms with E-state index < -0.39 is 0 Å². The highest BCUT2D eigenvalue weighted by Gasteiger charge is 2.24. The molecule has 0 atom stereocenters. The molecule has 7 nitrogen and oxygen atoms in total. The van der Waals surface area contributed by atoms with E-state index >= 15 is 0 Å². The molecule has 1 aromatic heterocycles. The Hall–Kier alpha value is -3.45. The third-order valence-corrected chi connectivity index (χ3v) is 6.50. The summed E-state index contributed by atoms with van der Waals surface area (Å²) in [7, 11) is 0. The predicted molar refractivity (Wildman–Crippen MR) is 148 cm³/mol. The van der Waals surface area contributed by atoms with Gasteiger partial charge in [-0.15, -0.1) is 0 Å². The number of carbonyl (C=O) groups excluding carboxylic acids is 2. The molecule has 2 amide bonds. The van der Waals surface area contributed by atoms with Crippen LogP contribution in [0.2, 0.25) is 0 Å². The first-order chi connectivity index (χ1) is 17.6. The van der Waals surface area contributed by atoms with Crippen molar-refractivity contribution < 1.29 is 9.59 Å². The Bertz CT molecular complexity index is 1220. The van der Waals surface area contributed by atoms with Crippen LogP contribution < -0.4 is 5.32 Å². The van der Waals surface area contributed by atoms with E-state index in [1.54, 1.807) is 0 Å². The number of nitrogens with one attached hydrogen (secondary N) is 2. The van der Waals surface area contributed by atoms with Gasteiger partial charge in [0.15, 0.2) is 0 Å². The summed E-state index contributed by atoms with van der Waals surface area (Å²) < 4.78 is 0. The maximum Gasteiger partial charge on any atom is 0.251 e. The molecular weight excluding hydrogens is 462 g/mol. The van der Waals surface area contributed by atoms with E-state index in [-0.39, 0.29) is 23.3 Å². The molecular formula is C30H39N5O2. The van der Waals surface area contributed by atoms with Crippen LogP contribution in [0.15, 0.2) is 54.6 Å². The van der Waals surface area contributed by atoms with Gasteiger partial charge in [0.1, 0.15) is 0 Å². The number of rotatable bonds is 7. The second kappa shape index (κ2) is 11.3. The van der Waals surface area contributed by atoms with Crippen LogP contribution in [0.1, 0.15) is 57.0 Å². The van der Waals surface area contributed by atoms with Crippen LogP contribution in [0.4, 0.5) is 0 Å². The lowest BCUT2D eigenvalue weighted by molar-refractivity contribution is -0.134. The Morgan fingerprint density at radius 1 is 0.973 bits per heavy atom. The molecule has 0 unspecified atom stereocenters. The fourth-order valence-electron chi connectivity index (χ4n) is 4.55. The summed E-state index contributed by atoms with van der Waals surface area (Å²) in [5.41, 5.74) is 5.60. The van der Waals surface area contributed by atoms with E-state index in [2.05, 4.69) is 65.5 Å². The Labute approximate surface area is 220 Å². The molecule has 1 aliphatic heterocycles. The van der Waals surface area contributed by atoms with Gasteiger partial charge >= 0.3 is 0 Å². The van der Waals surface area contributed by atoms with E-state index in [0.717, 1.165) is 55.2 Å². The highest BCUT2D eigenvalue weighted by atomic mass is 16.2. The minimum atomic E-state index is -0.0823. The molecule has 1 saturated heterocycles. The predicted octanol–water partition coefficient (Wildman–Crippen LogP) is 4.96. The van der Waals surface area contributed by atoms with Gasteiger partial charge in [-0.25, -0.2) is 0 Å². The van der Waals surface area contributed by atoms with Gasteiger partial charge in [0.25, 0.3) is 5.91 Å². The lowest BCUT2D eigenvalue weighted by Crippen LogP contribution is -2.48. The van der Waals surface area contributed by atoms with E-state index in [1.807, 2.05) is 49.1 Å². The summed E-state index contributed by atoms with van der Waals surface area (Å²) >= 11 is 0. The molecule has 1 aliphatic rings. The second-order valence-corrected chi connectivity index (χ2v) is 11.5. The van der Waals surface area contributed by atoms with E-state index in [4.69, 9.17) is 0 Å². The van der Waals surface area contributed by atoms with Crippen LogP contribution in [-0.4, -0.2) is 64.0 Å². The summed E-state index contributed by atoms with van der Waals surface area (Å²) in [4.78, 5) is 29.3. The third-order valence-electron chi connectivity index (χ3n) is 6.50. The standard InChI is InChI=1S/C30H39N5O2/c1-21(2)31-29(37)25-8-6-7-24(17-25)27-18-26(32-33-27)23-11-9-22(10-12-23)20-34-13-15-35(16-14-34)28(36)19-30(3,4)5/h6-12,17-18,21H,13-16,19-20H2,1-5H3,(H,31,37)(H,32,33). The topological polar surface area (TPSA) is 81.3 Å². The third kappa shape index (κ3) is 7.29. The monoisotopic (exact) mass is 501 g/mol. The number of amides is 2. The Morgan fingerprint density at radius 3 is 2.32 bits per heavy atom. The molecule has 3 aromatic rings. The van der Waals surface area contributed by atoms with Gasteiger partial charge in [-0.1, -0.05) is 57.2 Å². The fraction of sp³-hybridized carbons (Fsp3) is 0.433. The molecule has 7 heteroatoms. The Morgan fingerprint density at radius 2 is 1.68 bits per heavy atom. The van der Waals surface area contributed by atoms with Crippen molar-refractivity contribution in [3.8, 4) is 22.5 Å². The summed E-state index contributed by atoms with van der Waals surface area (Å²) in [6.07, 6.45) is 0.600. The molecule has 0 spiro atoms. The molecule has 196 valence electrons. The highest BCUT2D eigenvalue weighted by molar-refractivity contribution is 5.95. The maximum atomic E-state index is 12.5. The summed E-state index contributed by atoms with van der Waals surface area (Å²) in [5.74, 6) is 0.182. The number of piperazine rings is 1. The maximum absolute atomic E-state index is 12.5. The minimum absolute atomic E-state index is 0.0272. The van der Waals surface area contributed by atoms with Crippen LogP contribution in [0.5, 0.6) is 0 Å². The molecule has 0 bridgehead atoms. The zero-order valence-corrected chi connectivity index (χ0v) is 22.7. The molecule has 0 radical (unpaired) electrons. The summed E-state index contributed by atoms with van der Waals surface area (Å²) in [5, 5.41) is 10.6. The van der Waals surface area contributed by atoms with Crippen LogP contribution in [0.3, 0.4) is 0 Å². The van der Waals surface area contributed by atoms with Crippen LogP contribution in [-0.2, 0) is 11.3 Å². The van der Waals surface area contributed by atoms with Gasteiger partial charge in [-0.3, -0.25) is 19.6 Å². The van der Waals surface area contributed by atoms with Crippen molar-refractivity contribution in [3.63, 3.8) is 0 Å². The van der Waals surface area contributed by atoms with Crippen LogP contribution in [0.25, 0.3) is 22.5 Å². The van der Waals surface area contributed by atoms with Crippen molar-refractivity contribution in [2.75, 3.05) is 26.2 Å². The summed E-state index contributed by atoms with van der Waals surface area (Å²) in [6.45, 7) is 14.5. The highest BCUT2D eigenvalue weighted by Crippen LogP contribution is 2.25. The van der Waals surface area contributed by atoms with Crippen LogP contribution >= 0.6 is 0 Å². The van der Waals surface area contributed by atoms with Crippen molar-refractivity contribution in [2.24, 2.45) is 5.41 Å². The molecule has 2 aromatic carbocycles. The van der Waals surface area contributed by atoms with Gasteiger partial charge in [0.05, 0.1) is 11.4 Å². The van der Waals surface area contributed by atoms with Crippen molar-refractivity contribution >= 4 is 11.8 Å². The number of hydrogen-bond donors (Lipinski definition) is 2. The molecule has 1 fully saturated rings. The van der Waals surface area contributed by atoms with Gasteiger partial charge < -0.3 is 10.2 Å². The number of carbonyl (C=O) groups is 2. The van der Waals surface area contributed by atoms with Gasteiger partial charge in [-0.05, 0) is 48.6 Å². The number of aromatic amines is 1.